The van der Waals surface area contributed by atoms with Crippen molar-refractivity contribution >= 4 is 17.6 Å². The maximum Gasteiger partial charge on any atom is 0.321 e. The topological polar surface area (TPSA) is 106 Å². The van der Waals surface area contributed by atoms with E-state index in [-0.39, 0.29) is 17.8 Å². The molecule has 3 N–H and O–H groups in total. The number of hydrogen-bond donors (Lipinski definition) is 2. The molecule has 0 aliphatic carbocycles. The molecule has 2 aromatic rings. The minimum absolute atomic E-state index is 0.165. The highest BCUT2D eigenvalue weighted by atomic mass is 16.2. The maximum absolute atomic E-state index is 12.2. The number of pyridine rings is 1. The van der Waals surface area contributed by atoms with Crippen LogP contribution in [0.3, 0.4) is 0 Å². The number of amides is 3. The number of likely N-dealkylation sites (tertiary alicyclic amines) is 1. The van der Waals surface area contributed by atoms with Gasteiger partial charge in [0.15, 0.2) is 0 Å². The van der Waals surface area contributed by atoms with Crippen molar-refractivity contribution in [3.8, 4) is 0 Å². The van der Waals surface area contributed by atoms with Crippen molar-refractivity contribution in [1.82, 2.24) is 19.7 Å². The summed E-state index contributed by atoms with van der Waals surface area (Å²) in [7, 11) is 0. The lowest BCUT2D eigenvalue weighted by Gasteiger charge is -2.17. The number of nitrogens with two attached hydrogens (primary N) is 1. The Morgan fingerprint density at radius 2 is 2.23 bits per heavy atom. The molecule has 2 aromatic heterocycles. The van der Waals surface area contributed by atoms with Crippen LogP contribution in [0.25, 0.3) is 0 Å². The first-order chi connectivity index (χ1) is 10.6. The molecule has 0 spiro atoms. The third-order valence-corrected chi connectivity index (χ3v) is 3.62. The molecule has 1 saturated heterocycles. The summed E-state index contributed by atoms with van der Waals surface area (Å²) < 4.78 is 1.87. The van der Waals surface area contributed by atoms with Gasteiger partial charge in [0.2, 0.25) is 0 Å². The monoisotopic (exact) mass is 300 g/mol. The lowest BCUT2D eigenvalue weighted by molar-refractivity contribution is 0.0995. The maximum atomic E-state index is 12.2. The number of rotatable bonds is 3. The zero-order chi connectivity index (χ0) is 15.5. The summed E-state index contributed by atoms with van der Waals surface area (Å²) in [6.45, 7) is 1.28. The highest BCUT2D eigenvalue weighted by Gasteiger charge is 2.27. The third kappa shape index (κ3) is 2.90. The summed E-state index contributed by atoms with van der Waals surface area (Å²) >= 11 is 0. The smallest absolute Gasteiger partial charge is 0.321 e. The third-order valence-electron chi connectivity index (χ3n) is 3.62. The van der Waals surface area contributed by atoms with Crippen molar-refractivity contribution in [2.75, 3.05) is 18.4 Å². The Balaban J connectivity index is 1.59. The number of nitrogens with zero attached hydrogens (tertiary/aromatic N) is 4. The van der Waals surface area contributed by atoms with Crippen LogP contribution in [-0.4, -0.2) is 44.7 Å². The van der Waals surface area contributed by atoms with Crippen LogP contribution in [0.2, 0.25) is 0 Å². The molecular weight excluding hydrogens is 284 g/mol. The van der Waals surface area contributed by atoms with E-state index in [9.17, 15) is 9.59 Å². The molecule has 0 saturated carbocycles. The van der Waals surface area contributed by atoms with Gasteiger partial charge in [0.25, 0.3) is 5.91 Å². The first kappa shape index (κ1) is 14.1. The van der Waals surface area contributed by atoms with Crippen molar-refractivity contribution in [2.45, 2.75) is 12.5 Å². The number of aromatic nitrogens is 3. The fourth-order valence-electron chi connectivity index (χ4n) is 2.45. The van der Waals surface area contributed by atoms with Gasteiger partial charge in [-0.05, 0) is 24.6 Å². The Morgan fingerprint density at radius 3 is 2.86 bits per heavy atom. The van der Waals surface area contributed by atoms with Crippen LogP contribution < -0.4 is 11.1 Å². The molecule has 0 bridgehead atoms. The second-order valence-corrected chi connectivity index (χ2v) is 5.10. The van der Waals surface area contributed by atoms with Gasteiger partial charge in [0, 0.05) is 25.5 Å². The zero-order valence-corrected chi connectivity index (χ0v) is 11.8. The van der Waals surface area contributed by atoms with Crippen molar-refractivity contribution in [3.63, 3.8) is 0 Å². The van der Waals surface area contributed by atoms with Crippen LogP contribution in [0.15, 0.2) is 36.8 Å². The summed E-state index contributed by atoms with van der Waals surface area (Å²) in [5.74, 6) is -0.598. The largest absolute Gasteiger partial charge is 0.364 e. The number of hydrogen-bond acceptors (Lipinski definition) is 4. The van der Waals surface area contributed by atoms with Gasteiger partial charge in [-0.1, -0.05) is 0 Å². The van der Waals surface area contributed by atoms with Gasteiger partial charge in [0.1, 0.15) is 5.69 Å². The average Bonchev–Trinajstić information content (AvgIpc) is 3.19. The van der Waals surface area contributed by atoms with E-state index in [1.807, 2.05) is 16.9 Å². The number of urea groups is 1. The van der Waals surface area contributed by atoms with Crippen LogP contribution in [0.5, 0.6) is 0 Å². The summed E-state index contributed by atoms with van der Waals surface area (Å²) in [5.41, 5.74) is 5.81. The van der Waals surface area contributed by atoms with Gasteiger partial charge in [-0.3, -0.25) is 9.48 Å². The van der Waals surface area contributed by atoms with Gasteiger partial charge in [-0.15, -0.1) is 0 Å². The molecular formula is C14H16N6O2. The molecule has 0 unspecified atom stereocenters. The predicted molar refractivity (Wildman–Crippen MR) is 79.2 cm³/mol. The fourth-order valence-corrected chi connectivity index (χ4v) is 2.45. The van der Waals surface area contributed by atoms with E-state index < -0.39 is 5.91 Å². The van der Waals surface area contributed by atoms with E-state index in [0.29, 0.717) is 18.8 Å². The Kier molecular flexibility index (Phi) is 3.73. The second-order valence-electron chi connectivity index (χ2n) is 5.10. The van der Waals surface area contributed by atoms with Gasteiger partial charge >= 0.3 is 6.03 Å². The highest BCUT2D eigenvalue weighted by molar-refractivity contribution is 5.92. The Labute approximate surface area is 126 Å². The number of nitrogens with one attached hydrogen (secondary N) is 1. The van der Waals surface area contributed by atoms with Crippen molar-refractivity contribution in [2.24, 2.45) is 5.73 Å². The summed E-state index contributed by atoms with van der Waals surface area (Å²) in [6, 6.07) is 4.97. The highest BCUT2D eigenvalue weighted by Crippen LogP contribution is 2.21. The van der Waals surface area contributed by atoms with Crippen molar-refractivity contribution in [3.05, 3.63) is 42.5 Å². The summed E-state index contributed by atoms with van der Waals surface area (Å²) in [6.07, 6.45) is 5.92. The van der Waals surface area contributed by atoms with Crippen LogP contribution >= 0.6 is 0 Å². The number of anilines is 1. The SMILES string of the molecule is NC(=O)c1ccc(NC(=O)N2CC[C@H](n3cccn3)C2)cn1. The zero-order valence-electron chi connectivity index (χ0n) is 11.8. The molecule has 0 radical (unpaired) electrons. The molecule has 1 fully saturated rings. The first-order valence-electron chi connectivity index (χ1n) is 6.94. The molecule has 1 atom stereocenters. The van der Waals surface area contributed by atoms with E-state index in [2.05, 4.69) is 15.4 Å². The standard InChI is InChI=1S/C14H16N6O2/c15-13(21)12-3-2-10(8-16-12)18-14(22)19-7-4-11(9-19)20-6-1-5-17-20/h1-3,5-6,8,11H,4,7,9H2,(H2,15,21)(H,18,22)/t11-/m0/s1. The van der Waals surface area contributed by atoms with Gasteiger partial charge in [-0.25, -0.2) is 9.78 Å². The van der Waals surface area contributed by atoms with E-state index in [1.165, 1.54) is 12.3 Å². The summed E-state index contributed by atoms with van der Waals surface area (Å²) in [5, 5.41) is 6.97. The molecule has 114 valence electrons. The van der Waals surface area contributed by atoms with Crippen molar-refractivity contribution < 1.29 is 9.59 Å². The van der Waals surface area contributed by atoms with E-state index in [0.717, 1.165) is 6.42 Å². The summed E-state index contributed by atoms with van der Waals surface area (Å²) in [4.78, 5) is 28.8. The van der Waals surface area contributed by atoms with Crippen molar-refractivity contribution in [1.29, 1.82) is 0 Å². The molecule has 1 aliphatic rings. The van der Waals surface area contributed by atoms with Crippen LogP contribution in [-0.2, 0) is 0 Å². The quantitative estimate of drug-likeness (QED) is 0.876. The fraction of sp³-hybridized carbons (Fsp3) is 0.286. The van der Waals surface area contributed by atoms with Crippen LogP contribution in [0.1, 0.15) is 23.0 Å². The van der Waals surface area contributed by atoms with Gasteiger partial charge in [0.05, 0.1) is 17.9 Å². The Bertz CT molecular complexity index is 667. The molecule has 8 heteroatoms. The molecule has 8 nitrogen and oxygen atoms in total. The lowest BCUT2D eigenvalue weighted by atomic mass is 10.3. The van der Waals surface area contributed by atoms with Gasteiger partial charge < -0.3 is 16.0 Å². The molecule has 3 heterocycles. The molecule has 0 aromatic carbocycles. The minimum Gasteiger partial charge on any atom is -0.364 e. The Morgan fingerprint density at radius 1 is 1.36 bits per heavy atom. The molecule has 3 rings (SSSR count). The number of carbonyl (C=O) groups is 2. The van der Waals surface area contributed by atoms with Crippen LogP contribution in [0, 0.1) is 0 Å². The van der Waals surface area contributed by atoms with E-state index in [1.54, 1.807) is 17.2 Å². The van der Waals surface area contributed by atoms with E-state index in [4.69, 9.17) is 5.73 Å². The van der Waals surface area contributed by atoms with Crippen LogP contribution in [0.4, 0.5) is 10.5 Å². The average molecular weight is 300 g/mol. The van der Waals surface area contributed by atoms with E-state index >= 15 is 0 Å². The Hall–Kier alpha value is -2.90. The predicted octanol–water partition coefficient (Wildman–Crippen LogP) is 0.856. The molecule has 22 heavy (non-hydrogen) atoms. The minimum atomic E-state index is -0.598. The molecule has 3 amide bonds. The normalized spacial score (nSPS) is 17.5. The molecule has 1 aliphatic heterocycles. The number of carbonyl (C=O) groups excluding carboxylic acids is 2. The second kappa shape index (κ2) is 5.84. The number of primary amides is 1. The van der Waals surface area contributed by atoms with Gasteiger partial charge in [-0.2, -0.15) is 5.10 Å². The lowest BCUT2D eigenvalue weighted by Crippen LogP contribution is -2.33. The first-order valence-corrected chi connectivity index (χ1v) is 6.94.